The Morgan fingerprint density at radius 3 is 2.60 bits per heavy atom. The molecule has 2 aliphatic rings. The second-order valence-corrected chi connectivity index (χ2v) is 6.16. The summed E-state index contributed by atoms with van der Waals surface area (Å²) in [4.78, 5) is 12.1. The largest absolute Gasteiger partial charge is 0.507 e. The Morgan fingerprint density at radius 2 is 1.80 bits per heavy atom. The fourth-order valence-corrected chi connectivity index (χ4v) is 3.80. The van der Waals surface area contributed by atoms with Crippen molar-refractivity contribution in [3.05, 3.63) is 29.8 Å². The number of esters is 1. The van der Waals surface area contributed by atoms with E-state index in [9.17, 15) is 9.90 Å². The monoisotopic (exact) mass is 274 g/mol. The van der Waals surface area contributed by atoms with Crippen LogP contribution in [0.5, 0.6) is 5.75 Å². The molecule has 3 rings (SSSR count). The summed E-state index contributed by atoms with van der Waals surface area (Å²) in [6.07, 6.45) is 8.51. The van der Waals surface area contributed by atoms with Gasteiger partial charge in [-0.2, -0.15) is 0 Å². The fourth-order valence-electron chi connectivity index (χ4n) is 3.80. The summed E-state index contributed by atoms with van der Waals surface area (Å²) in [5.74, 6) is 1.20. The third-order valence-electron chi connectivity index (χ3n) is 4.89. The molecule has 0 amide bonds. The SMILES string of the molecule is O=C(OC1CCC2CCCCC2C1)c1ccccc1O. The number of fused-ring (bicyclic) bond motifs is 1. The lowest BCUT2D eigenvalue weighted by Gasteiger charge is -2.38. The molecule has 2 saturated carbocycles. The van der Waals surface area contributed by atoms with Crippen molar-refractivity contribution in [1.82, 2.24) is 0 Å². The van der Waals surface area contributed by atoms with Crippen molar-refractivity contribution in [1.29, 1.82) is 0 Å². The van der Waals surface area contributed by atoms with E-state index in [1.807, 2.05) is 0 Å². The van der Waals surface area contributed by atoms with Crippen LogP contribution >= 0.6 is 0 Å². The minimum absolute atomic E-state index is 0.00357. The maximum absolute atomic E-state index is 12.1. The molecule has 1 aromatic rings. The second kappa shape index (κ2) is 5.86. The number of carbonyl (C=O) groups is 1. The van der Waals surface area contributed by atoms with E-state index in [1.54, 1.807) is 18.2 Å². The van der Waals surface area contributed by atoms with E-state index in [2.05, 4.69) is 0 Å². The number of para-hydroxylation sites is 1. The predicted molar refractivity (Wildman–Crippen MR) is 76.6 cm³/mol. The first-order valence-electron chi connectivity index (χ1n) is 7.73. The highest BCUT2D eigenvalue weighted by Crippen LogP contribution is 2.41. The lowest BCUT2D eigenvalue weighted by atomic mass is 9.70. The molecule has 3 atom stereocenters. The normalized spacial score (nSPS) is 29.5. The Balaban J connectivity index is 1.61. The molecule has 0 heterocycles. The summed E-state index contributed by atoms with van der Waals surface area (Å²) >= 11 is 0. The quantitative estimate of drug-likeness (QED) is 0.832. The molecular weight excluding hydrogens is 252 g/mol. The minimum atomic E-state index is -0.387. The van der Waals surface area contributed by atoms with Gasteiger partial charge in [0.2, 0.25) is 0 Å². The maximum atomic E-state index is 12.1. The summed E-state index contributed by atoms with van der Waals surface area (Å²) in [5, 5.41) is 9.70. The second-order valence-electron chi connectivity index (χ2n) is 6.16. The van der Waals surface area contributed by atoms with Crippen molar-refractivity contribution in [2.45, 2.75) is 51.0 Å². The van der Waals surface area contributed by atoms with Gasteiger partial charge < -0.3 is 9.84 Å². The smallest absolute Gasteiger partial charge is 0.342 e. The summed E-state index contributed by atoms with van der Waals surface area (Å²) in [7, 11) is 0. The van der Waals surface area contributed by atoms with Crippen LogP contribution in [-0.2, 0) is 4.74 Å². The highest BCUT2D eigenvalue weighted by molar-refractivity contribution is 5.92. The van der Waals surface area contributed by atoms with Gasteiger partial charge in [0.25, 0.3) is 0 Å². The van der Waals surface area contributed by atoms with Crippen molar-refractivity contribution in [3.8, 4) is 5.75 Å². The average molecular weight is 274 g/mol. The fraction of sp³-hybridized carbons (Fsp3) is 0.588. The Hall–Kier alpha value is -1.51. The molecule has 3 nitrogen and oxygen atoms in total. The summed E-state index contributed by atoms with van der Waals surface area (Å²) in [6, 6.07) is 6.59. The molecule has 108 valence electrons. The molecule has 0 spiro atoms. The summed E-state index contributed by atoms with van der Waals surface area (Å²) in [5.41, 5.74) is 0.276. The van der Waals surface area contributed by atoms with Gasteiger partial charge in [-0.05, 0) is 43.2 Å². The first-order valence-corrected chi connectivity index (χ1v) is 7.73. The van der Waals surface area contributed by atoms with Crippen LogP contribution in [0.3, 0.4) is 0 Å². The molecular formula is C17H22O3. The minimum Gasteiger partial charge on any atom is -0.507 e. The van der Waals surface area contributed by atoms with E-state index < -0.39 is 0 Å². The Labute approximate surface area is 120 Å². The van der Waals surface area contributed by atoms with Crippen molar-refractivity contribution in [3.63, 3.8) is 0 Å². The van der Waals surface area contributed by atoms with Crippen molar-refractivity contribution in [2.24, 2.45) is 11.8 Å². The third kappa shape index (κ3) is 2.82. The standard InChI is InChI=1S/C17H22O3/c18-16-8-4-3-7-15(16)17(19)20-14-10-9-12-5-1-2-6-13(12)11-14/h3-4,7-8,12-14,18H,1-2,5-6,9-11H2. The summed E-state index contributed by atoms with van der Waals surface area (Å²) in [6.45, 7) is 0. The molecule has 1 aromatic carbocycles. The van der Waals surface area contributed by atoms with Crippen LogP contribution in [0.4, 0.5) is 0 Å². The lowest BCUT2D eigenvalue weighted by molar-refractivity contribution is -0.00114. The number of ether oxygens (including phenoxy) is 1. The van der Waals surface area contributed by atoms with Crippen molar-refractivity contribution >= 4 is 5.97 Å². The van der Waals surface area contributed by atoms with Gasteiger partial charge in [0.15, 0.2) is 0 Å². The summed E-state index contributed by atoms with van der Waals surface area (Å²) < 4.78 is 5.61. The number of carbonyl (C=O) groups excluding carboxylic acids is 1. The lowest BCUT2D eigenvalue weighted by Crippen LogP contribution is -2.33. The van der Waals surface area contributed by atoms with Gasteiger partial charge >= 0.3 is 5.97 Å². The first kappa shape index (κ1) is 13.5. The van der Waals surface area contributed by atoms with Crippen LogP contribution < -0.4 is 0 Å². The average Bonchev–Trinajstić information content (AvgIpc) is 2.47. The number of hydrogen-bond donors (Lipinski definition) is 1. The van der Waals surface area contributed by atoms with E-state index in [4.69, 9.17) is 4.74 Å². The molecule has 2 aliphatic carbocycles. The molecule has 0 aromatic heterocycles. The van der Waals surface area contributed by atoms with Crippen LogP contribution in [-0.4, -0.2) is 17.2 Å². The number of aromatic hydroxyl groups is 1. The maximum Gasteiger partial charge on any atom is 0.342 e. The highest BCUT2D eigenvalue weighted by Gasteiger charge is 2.34. The van der Waals surface area contributed by atoms with Gasteiger partial charge in [-0.1, -0.05) is 37.8 Å². The van der Waals surface area contributed by atoms with Crippen LogP contribution in [0.25, 0.3) is 0 Å². The number of hydrogen-bond acceptors (Lipinski definition) is 3. The third-order valence-corrected chi connectivity index (χ3v) is 4.89. The molecule has 20 heavy (non-hydrogen) atoms. The van der Waals surface area contributed by atoms with E-state index >= 15 is 0 Å². The molecule has 1 N–H and O–H groups in total. The number of phenols is 1. The molecule has 0 radical (unpaired) electrons. The van der Waals surface area contributed by atoms with Crippen LogP contribution in [0.1, 0.15) is 55.3 Å². The molecule has 3 unspecified atom stereocenters. The van der Waals surface area contributed by atoms with E-state index in [1.165, 1.54) is 38.2 Å². The predicted octanol–water partition coefficient (Wildman–Crippen LogP) is 3.91. The van der Waals surface area contributed by atoms with E-state index in [-0.39, 0.29) is 23.4 Å². The zero-order valence-corrected chi connectivity index (χ0v) is 11.8. The van der Waals surface area contributed by atoms with Gasteiger partial charge in [0.05, 0.1) is 0 Å². The first-order chi connectivity index (χ1) is 9.74. The van der Waals surface area contributed by atoms with Crippen molar-refractivity contribution in [2.75, 3.05) is 0 Å². The van der Waals surface area contributed by atoms with Gasteiger partial charge in [-0.25, -0.2) is 4.79 Å². The number of phenolic OH excluding ortho intramolecular Hbond substituents is 1. The molecule has 3 heteroatoms. The van der Waals surface area contributed by atoms with E-state index in [0.717, 1.165) is 24.7 Å². The van der Waals surface area contributed by atoms with Gasteiger partial charge in [-0.3, -0.25) is 0 Å². The van der Waals surface area contributed by atoms with E-state index in [0.29, 0.717) is 0 Å². The van der Waals surface area contributed by atoms with Gasteiger partial charge in [-0.15, -0.1) is 0 Å². The van der Waals surface area contributed by atoms with Gasteiger partial charge in [0, 0.05) is 0 Å². The zero-order valence-electron chi connectivity index (χ0n) is 11.8. The van der Waals surface area contributed by atoms with Crippen LogP contribution in [0.15, 0.2) is 24.3 Å². The molecule has 0 saturated heterocycles. The molecule has 0 bridgehead atoms. The highest BCUT2D eigenvalue weighted by atomic mass is 16.5. The van der Waals surface area contributed by atoms with Crippen molar-refractivity contribution < 1.29 is 14.6 Å². The van der Waals surface area contributed by atoms with Crippen LogP contribution in [0.2, 0.25) is 0 Å². The Bertz CT molecular complexity index is 483. The Morgan fingerprint density at radius 1 is 1.05 bits per heavy atom. The molecule has 0 aliphatic heterocycles. The Kier molecular flexibility index (Phi) is 3.95. The number of benzene rings is 1. The van der Waals surface area contributed by atoms with Gasteiger partial charge in [0.1, 0.15) is 17.4 Å². The topological polar surface area (TPSA) is 46.5 Å². The van der Waals surface area contributed by atoms with Crippen LogP contribution in [0, 0.1) is 11.8 Å². The molecule has 2 fully saturated rings. The number of rotatable bonds is 2. The zero-order chi connectivity index (χ0) is 13.9.